The van der Waals surface area contributed by atoms with Crippen molar-refractivity contribution in [2.45, 2.75) is 13.3 Å². The molecule has 0 aliphatic rings. The summed E-state index contributed by atoms with van der Waals surface area (Å²) in [6.45, 7) is 2.08. The molecule has 0 saturated heterocycles. The van der Waals surface area contributed by atoms with Crippen LogP contribution in [0.15, 0.2) is 16.8 Å². The van der Waals surface area contributed by atoms with Crippen LogP contribution in [-0.2, 0) is 6.42 Å². The molecule has 2 heterocycles. The lowest BCUT2D eigenvalue weighted by Gasteiger charge is -2.07. The van der Waals surface area contributed by atoms with Gasteiger partial charge in [-0.05, 0) is 47.3 Å². The van der Waals surface area contributed by atoms with Crippen molar-refractivity contribution in [3.8, 4) is 0 Å². The summed E-state index contributed by atoms with van der Waals surface area (Å²) in [6.07, 6.45) is 0.765. The predicted octanol–water partition coefficient (Wildman–Crippen LogP) is 3.06. The smallest absolute Gasteiger partial charge is 0.332 e. The van der Waals surface area contributed by atoms with Crippen molar-refractivity contribution >= 4 is 34.4 Å². The van der Waals surface area contributed by atoms with Crippen LogP contribution in [0.1, 0.15) is 11.3 Å². The van der Waals surface area contributed by atoms with Crippen LogP contribution in [0.4, 0.5) is 11.5 Å². The highest BCUT2D eigenvalue weighted by atomic mass is 35.5. The molecule has 19 heavy (non-hydrogen) atoms. The third-order valence-electron chi connectivity index (χ3n) is 2.50. The molecule has 0 atom stereocenters. The van der Waals surface area contributed by atoms with Gasteiger partial charge in [-0.3, -0.25) is 10.1 Å². The minimum Gasteiger partial charge on any atom is -0.364 e. The number of nitrogens with one attached hydrogen (secondary N) is 1. The number of halogens is 1. The number of aryl methyl sites for hydroxylation is 1. The molecule has 0 unspecified atom stereocenters. The Hall–Kier alpha value is -1.73. The fourth-order valence-corrected chi connectivity index (χ4v) is 2.55. The van der Waals surface area contributed by atoms with Crippen molar-refractivity contribution in [3.05, 3.63) is 43.5 Å². The van der Waals surface area contributed by atoms with E-state index < -0.39 is 4.92 Å². The molecule has 0 aromatic carbocycles. The van der Waals surface area contributed by atoms with Crippen molar-refractivity contribution in [2.24, 2.45) is 0 Å². The van der Waals surface area contributed by atoms with Gasteiger partial charge in [0.2, 0.25) is 11.1 Å². The molecule has 2 rings (SSSR count). The van der Waals surface area contributed by atoms with Gasteiger partial charge in [0.25, 0.3) is 0 Å². The van der Waals surface area contributed by atoms with Gasteiger partial charge in [-0.25, -0.2) is 4.98 Å². The summed E-state index contributed by atoms with van der Waals surface area (Å²) >= 11 is 7.34. The van der Waals surface area contributed by atoms with Gasteiger partial charge >= 0.3 is 5.69 Å². The second-order valence-electron chi connectivity index (χ2n) is 3.84. The third kappa shape index (κ3) is 3.39. The molecule has 0 spiro atoms. The van der Waals surface area contributed by atoms with E-state index in [0.29, 0.717) is 6.54 Å². The standard InChI is InChI=1S/C11H11ClN4O2S/c1-7-9(16(17)18)10(15-11(12)14-7)13-4-2-8-3-5-19-6-8/h3,5-6H,2,4H2,1H3,(H,13,14,15). The number of aromatic nitrogens is 2. The van der Waals surface area contributed by atoms with E-state index in [0.717, 1.165) is 6.42 Å². The molecule has 0 fully saturated rings. The molecular weight excluding hydrogens is 288 g/mol. The van der Waals surface area contributed by atoms with E-state index in [9.17, 15) is 10.1 Å². The van der Waals surface area contributed by atoms with Crippen molar-refractivity contribution in [1.29, 1.82) is 0 Å². The Morgan fingerprint density at radius 2 is 2.32 bits per heavy atom. The monoisotopic (exact) mass is 298 g/mol. The molecule has 0 radical (unpaired) electrons. The van der Waals surface area contributed by atoms with E-state index in [1.165, 1.54) is 12.5 Å². The summed E-state index contributed by atoms with van der Waals surface area (Å²) in [5.41, 5.74) is 1.30. The highest BCUT2D eigenvalue weighted by Crippen LogP contribution is 2.26. The minimum absolute atomic E-state index is 0.00105. The third-order valence-corrected chi connectivity index (χ3v) is 3.40. The Balaban J connectivity index is 2.12. The number of anilines is 1. The minimum atomic E-state index is -0.501. The predicted molar refractivity (Wildman–Crippen MR) is 74.9 cm³/mol. The summed E-state index contributed by atoms with van der Waals surface area (Å²) in [5.74, 6) is 0.165. The van der Waals surface area contributed by atoms with Crippen LogP contribution in [-0.4, -0.2) is 21.4 Å². The molecular formula is C11H11ClN4O2S. The van der Waals surface area contributed by atoms with E-state index in [1.807, 2.05) is 16.8 Å². The zero-order valence-corrected chi connectivity index (χ0v) is 11.7. The Labute approximate surface area is 118 Å². The Bertz CT molecular complexity index is 589. The van der Waals surface area contributed by atoms with Gasteiger partial charge in [0.1, 0.15) is 5.69 Å². The second kappa shape index (κ2) is 5.94. The van der Waals surface area contributed by atoms with Gasteiger partial charge in [-0.2, -0.15) is 16.3 Å². The Morgan fingerprint density at radius 1 is 1.53 bits per heavy atom. The summed E-state index contributed by atoms with van der Waals surface area (Å²) in [7, 11) is 0. The van der Waals surface area contributed by atoms with E-state index in [1.54, 1.807) is 11.3 Å². The molecule has 8 heteroatoms. The highest BCUT2D eigenvalue weighted by Gasteiger charge is 2.21. The van der Waals surface area contributed by atoms with Crippen molar-refractivity contribution in [2.75, 3.05) is 11.9 Å². The quantitative estimate of drug-likeness (QED) is 0.521. The molecule has 0 aliphatic heterocycles. The largest absolute Gasteiger partial charge is 0.364 e. The number of nitro groups is 1. The number of hydrogen-bond donors (Lipinski definition) is 1. The number of rotatable bonds is 5. The molecule has 100 valence electrons. The van der Waals surface area contributed by atoms with Crippen LogP contribution in [0.5, 0.6) is 0 Å². The molecule has 6 nitrogen and oxygen atoms in total. The van der Waals surface area contributed by atoms with Gasteiger partial charge in [0, 0.05) is 6.54 Å². The SMILES string of the molecule is Cc1nc(Cl)nc(NCCc2ccsc2)c1[N+](=O)[O-]. The molecule has 0 bridgehead atoms. The van der Waals surface area contributed by atoms with Gasteiger partial charge in [0.05, 0.1) is 4.92 Å². The zero-order chi connectivity index (χ0) is 13.8. The average Bonchev–Trinajstić information content (AvgIpc) is 2.80. The number of thiophene rings is 1. The fourth-order valence-electron chi connectivity index (χ4n) is 1.63. The van der Waals surface area contributed by atoms with Crippen LogP contribution in [0.25, 0.3) is 0 Å². The normalized spacial score (nSPS) is 10.4. The maximum Gasteiger partial charge on any atom is 0.332 e. The summed E-state index contributed by atoms with van der Waals surface area (Å²) in [5, 5.41) is 18.0. The average molecular weight is 299 g/mol. The van der Waals surface area contributed by atoms with Gasteiger partial charge in [-0.15, -0.1) is 0 Å². The molecule has 0 saturated carbocycles. The fraction of sp³-hybridized carbons (Fsp3) is 0.273. The number of hydrogen-bond acceptors (Lipinski definition) is 6. The van der Waals surface area contributed by atoms with Crippen LogP contribution >= 0.6 is 22.9 Å². The number of nitrogens with zero attached hydrogens (tertiary/aromatic N) is 3. The van der Waals surface area contributed by atoms with Crippen molar-refractivity contribution < 1.29 is 4.92 Å². The first-order chi connectivity index (χ1) is 9.08. The topological polar surface area (TPSA) is 81.0 Å². The first kappa shape index (κ1) is 13.7. The summed E-state index contributed by atoms with van der Waals surface area (Å²) < 4.78 is 0. The lowest BCUT2D eigenvalue weighted by molar-refractivity contribution is -0.385. The molecule has 0 aliphatic carbocycles. The van der Waals surface area contributed by atoms with E-state index in [2.05, 4.69) is 15.3 Å². The first-order valence-corrected chi connectivity index (χ1v) is 6.83. The summed E-state index contributed by atoms with van der Waals surface area (Å²) in [6, 6.07) is 2.01. The Morgan fingerprint density at radius 3 is 2.95 bits per heavy atom. The van der Waals surface area contributed by atoms with Gasteiger partial charge in [-0.1, -0.05) is 0 Å². The molecule has 2 aromatic rings. The lowest BCUT2D eigenvalue weighted by atomic mass is 10.2. The van der Waals surface area contributed by atoms with E-state index >= 15 is 0 Å². The van der Waals surface area contributed by atoms with Crippen LogP contribution < -0.4 is 5.32 Å². The van der Waals surface area contributed by atoms with E-state index in [4.69, 9.17) is 11.6 Å². The second-order valence-corrected chi connectivity index (χ2v) is 4.96. The highest BCUT2D eigenvalue weighted by molar-refractivity contribution is 7.07. The Kier molecular flexibility index (Phi) is 4.28. The molecule has 0 amide bonds. The molecule has 1 N–H and O–H groups in total. The zero-order valence-electron chi connectivity index (χ0n) is 10.1. The van der Waals surface area contributed by atoms with Crippen LogP contribution in [0, 0.1) is 17.0 Å². The van der Waals surface area contributed by atoms with Crippen molar-refractivity contribution in [3.63, 3.8) is 0 Å². The van der Waals surface area contributed by atoms with Crippen LogP contribution in [0.3, 0.4) is 0 Å². The molecule has 2 aromatic heterocycles. The van der Waals surface area contributed by atoms with E-state index in [-0.39, 0.29) is 22.5 Å². The first-order valence-electron chi connectivity index (χ1n) is 5.51. The van der Waals surface area contributed by atoms with Crippen molar-refractivity contribution in [1.82, 2.24) is 9.97 Å². The maximum atomic E-state index is 11.0. The van der Waals surface area contributed by atoms with Crippen LogP contribution in [0.2, 0.25) is 5.28 Å². The van der Waals surface area contributed by atoms with Gasteiger partial charge < -0.3 is 5.32 Å². The maximum absolute atomic E-state index is 11.0. The van der Waals surface area contributed by atoms with Gasteiger partial charge in [0.15, 0.2) is 0 Å². The lowest BCUT2D eigenvalue weighted by Crippen LogP contribution is -2.10. The summed E-state index contributed by atoms with van der Waals surface area (Å²) in [4.78, 5) is 18.2.